The Kier molecular flexibility index (Phi) is 6.94. The van der Waals surface area contributed by atoms with Crippen LogP contribution in [0.3, 0.4) is 0 Å². The van der Waals surface area contributed by atoms with E-state index in [-0.39, 0.29) is 28.9 Å². The number of thioether (sulfide) groups is 1. The van der Waals surface area contributed by atoms with Crippen molar-refractivity contribution in [1.29, 1.82) is 0 Å². The molecule has 0 aliphatic carbocycles. The van der Waals surface area contributed by atoms with E-state index in [0.717, 1.165) is 29.7 Å². The number of benzene rings is 2. The number of hydrogen-bond acceptors (Lipinski definition) is 5. The first-order valence-electron chi connectivity index (χ1n) is 10.6. The van der Waals surface area contributed by atoms with Crippen LogP contribution in [-0.4, -0.2) is 40.6 Å². The first-order valence-corrected chi connectivity index (χ1v) is 11.5. The molecule has 2 bridgehead atoms. The number of oxime groups is 1. The van der Waals surface area contributed by atoms with Gasteiger partial charge in [-0.1, -0.05) is 36.3 Å². The molecular formula is C24H27F2NO3S. The lowest BCUT2D eigenvalue weighted by Gasteiger charge is -2.39. The zero-order valence-electron chi connectivity index (χ0n) is 17.6. The third kappa shape index (κ3) is 4.78. The Morgan fingerprint density at radius 3 is 2.16 bits per heavy atom. The summed E-state index contributed by atoms with van der Waals surface area (Å²) < 4.78 is 33.8. The second-order valence-corrected chi connectivity index (χ2v) is 9.55. The maximum atomic E-state index is 13.6. The van der Waals surface area contributed by atoms with Gasteiger partial charge in [-0.05, 0) is 54.7 Å². The molecule has 0 spiro atoms. The summed E-state index contributed by atoms with van der Waals surface area (Å²) in [5.74, 6) is -0.752. The Bertz CT molecular complexity index is 861. The largest absolute Gasteiger partial charge is 0.399 e. The molecule has 2 heterocycles. The van der Waals surface area contributed by atoms with Gasteiger partial charge in [-0.2, -0.15) is 11.8 Å². The summed E-state index contributed by atoms with van der Waals surface area (Å²) in [4.78, 5) is 5.10. The zero-order chi connectivity index (χ0) is 22.0. The van der Waals surface area contributed by atoms with Crippen molar-refractivity contribution in [2.75, 3.05) is 7.11 Å². The molecule has 0 aromatic heterocycles. The van der Waals surface area contributed by atoms with E-state index in [1.807, 2.05) is 6.92 Å². The maximum absolute atomic E-state index is 13.6. The van der Waals surface area contributed by atoms with Crippen LogP contribution < -0.4 is 0 Å². The van der Waals surface area contributed by atoms with Crippen molar-refractivity contribution < 1.29 is 23.5 Å². The average molecular weight is 448 g/mol. The lowest BCUT2D eigenvalue weighted by Crippen LogP contribution is -2.44. The second kappa shape index (κ2) is 9.67. The highest BCUT2D eigenvalue weighted by Crippen LogP contribution is 2.49. The van der Waals surface area contributed by atoms with Gasteiger partial charge in [0.05, 0.1) is 17.9 Å². The highest BCUT2D eigenvalue weighted by Gasteiger charge is 2.50. The van der Waals surface area contributed by atoms with Crippen molar-refractivity contribution in [2.24, 2.45) is 11.1 Å². The number of aliphatic hydroxyl groups is 1. The van der Waals surface area contributed by atoms with Crippen LogP contribution in [0.4, 0.5) is 8.78 Å². The van der Waals surface area contributed by atoms with Gasteiger partial charge in [-0.25, -0.2) is 8.78 Å². The molecule has 2 aromatic rings. The first-order chi connectivity index (χ1) is 15.0. The molecule has 2 saturated heterocycles. The number of fused-ring (bicyclic) bond motifs is 2. The van der Waals surface area contributed by atoms with Gasteiger partial charge in [0.2, 0.25) is 0 Å². The SMILES string of the molecule is CCC(=NOC)[C@@H]1[C@@H]2SC(CC2O)C[C@H]1OC(c1ccc(F)cc1)c1ccc(F)cc1. The monoisotopic (exact) mass is 447 g/mol. The molecule has 2 aliphatic heterocycles. The molecule has 166 valence electrons. The average Bonchev–Trinajstić information content (AvgIpc) is 3.06. The van der Waals surface area contributed by atoms with E-state index in [2.05, 4.69) is 5.16 Å². The lowest BCUT2D eigenvalue weighted by atomic mass is 9.88. The molecule has 4 nitrogen and oxygen atoms in total. The molecule has 2 fully saturated rings. The molecule has 1 N–H and O–H groups in total. The molecule has 7 heteroatoms. The van der Waals surface area contributed by atoms with Crippen LogP contribution in [0.5, 0.6) is 0 Å². The third-order valence-electron chi connectivity index (χ3n) is 6.09. The smallest absolute Gasteiger partial charge is 0.123 e. The topological polar surface area (TPSA) is 51.0 Å². The Labute approximate surface area is 185 Å². The first kappa shape index (κ1) is 22.2. The number of hydrogen-bond donors (Lipinski definition) is 1. The van der Waals surface area contributed by atoms with Gasteiger partial charge in [0.25, 0.3) is 0 Å². The van der Waals surface area contributed by atoms with Gasteiger partial charge in [-0.3, -0.25) is 0 Å². The van der Waals surface area contributed by atoms with Crippen molar-refractivity contribution in [2.45, 2.75) is 55.0 Å². The van der Waals surface area contributed by atoms with E-state index in [1.165, 1.54) is 31.4 Å². The number of ether oxygens (including phenoxy) is 1. The second-order valence-electron chi connectivity index (χ2n) is 8.06. The minimum atomic E-state index is -0.492. The summed E-state index contributed by atoms with van der Waals surface area (Å²) in [5, 5.41) is 15.2. The summed E-state index contributed by atoms with van der Waals surface area (Å²) in [7, 11) is 1.52. The fourth-order valence-corrected chi connectivity index (χ4v) is 6.53. The van der Waals surface area contributed by atoms with E-state index < -0.39 is 12.2 Å². The molecule has 2 unspecified atom stereocenters. The zero-order valence-corrected chi connectivity index (χ0v) is 18.4. The van der Waals surface area contributed by atoms with E-state index >= 15 is 0 Å². The number of nitrogens with zero attached hydrogens (tertiary/aromatic N) is 1. The van der Waals surface area contributed by atoms with E-state index in [1.54, 1.807) is 36.0 Å². The molecule has 0 amide bonds. The minimum Gasteiger partial charge on any atom is -0.399 e. The predicted molar refractivity (Wildman–Crippen MR) is 118 cm³/mol. The van der Waals surface area contributed by atoms with Crippen molar-refractivity contribution in [1.82, 2.24) is 0 Å². The van der Waals surface area contributed by atoms with Crippen LogP contribution >= 0.6 is 11.8 Å². The normalized spacial score (nSPS) is 28.2. The van der Waals surface area contributed by atoms with Gasteiger partial charge < -0.3 is 14.7 Å². The molecule has 31 heavy (non-hydrogen) atoms. The van der Waals surface area contributed by atoms with Crippen molar-refractivity contribution in [3.05, 3.63) is 71.3 Å². The predicted octanol–water partition coefficient (Wildman–Crippen LogP) is 5.11. The molecule has 4 rings (SSSR count). The van der Waals surface area contributed by atoms with Gasteiger partial charge in [0.15, 0.2) is 0 Å². The Morgan fingerprint density at radius 2 is 1.65 bits per heavy atom. The third-order valence-corrected chi connectivity index (χ3v) is 7.79. The van der Waals surface area contributed by atoms with Crippen molar-refractivity contribution in [3.8, 4) is 0 Å². The van der Waals surface area contributed by atoms with Crippen LogP contribution in [0.2, 0.25) is 0 Å². The molecule has 5 atom stereocenters. The van der Waals surface area contributed by atoms with Gasteiger partial charge in [-0.15, -0.1) is 0 Å². The van der Waals surface area contributed by atoms with E-state index in [0.29, 0.717) is 11.7 Å². The van der Waals surface area contributed by atoms with E-state index in [9.17, 15) is 13.9 Å². The molecule has 2 aliphatic rings. The summed E-state index contributed by atoms with van der Waals surface area (Å²) >= 11 is 1.80. The van der Waals surface area contributed by atoms with Crippen molar-refractivity contribution >= 4 is 17.5 Å². The Morgan fingerprint density at radius 1 is 1.06 bits per heavy atom. The number of aliphatic hydroxyl groups excluding tert-OH is 1. The highest BCUT2D eigenvalue weighted by atomic mass is 32.2. The molecule has 2 aromatic carbocycles. The van der Waals surface area contributed by atoms with Crippen LogP contribution in [-0.2, 0) is 9.57 Å². The molecular weight excluding hydrogens is 420 g/mol. The highest BCUT2D eigenvalue weighted by molar-refractivity contribution is 8.00. The molecule has 0 radical (unpaired) electrons. The minimum absolute atomic E-state index is 0.0142. The summed E-state index contributed by atoms with van der Waals surface area (Å²) in [6.07, 6.45) is 1.07. The van der Waals surface area contributed by atoms with E-state index in [4.69, 9.17) is 9.57 Å². The number of halogens is 2. The Hall–Kier alpha value is -1.96. The Balaban J connectivity index is 1.70. The summed E-state index contributed by atoms with van der Waals surface area (Å²) in [5.41, 5.74) is 2.44. The quantitative estimate of drug-likeness (QED) is 0.474. The van der Waals surface area contributed by atoms with Crippen LogP contribution in [0.1, 0.15) is 43.4 Å². The van der Waals surface area contributed by atoms with Crippen LogP contribution in [0.15, 0.2) is 53.7 Å². The fourth-order valence-electron chi connectivity index (χ4n) is 4.69. The lowest BCUT2D eigenvalue weighted by molar-refractivity contribution is -0.0192. The maximum Gasteiger partial charge on any atom is 0.123 e. The molecule has 0 saturated carbocycles. The van der Waals surface area contributed by atoms with Crippen LogP contribution in [0, 0.1) is 17.6 Å². The van der Waals surface area contributed by atoms with Crippen molar-refractivity contribution in [3.63, 3.8) is 0 Å². The fraction of sp³-hybridized carbons (Fsp3) is 0.458. The standard InChI is InChI=1S/C24H27F2NO3S/c1-3-19(27-29-2)22-21(13-18-12-20(28)24(22)31-18)30-23(14-4-8-16(25)9-5-14)15-6-10-17(26)11-7-15/h4-11,18,20-24,28H,3,12-13H2,1-2H3/t18?,20?,21-,22+,24-/m1/s1. The van der Waals surface area contributed by atoms with Crippen LogP contribution in [0.25, 0.3) is 0 Å². The number of rotatable bonds is 7. The van der Waals surface area contributed by atoms with Gasteiger partial charge in [0, 0.05) is 16.4 Å². The van der Waals surface area contributed by atoms with Gasteiger partial charge >= 0.3 is 0 Å². The summed E-state index contributed by atoms with van der Waals surface area (Å²) in [6.45, 7) is 2.02. The van der Waals surface area contributed by atoms with Gasteiger partial charge in [0.1, 0.15) is 24.8 Å². The summed E-state index contributed by atoms with van der Waals surface area (Å²) in [6, 6.07) is 12.4.